The lowest BCUT2D eigenvalue weighted by Crippen LogP contribution is -2.50. The lowest BCUT2D eigenvalue weighted by atomic mass is 9.99. The Bertz CT molecular complexity index is 632. The van der Waals surface area contributed by atoms with Crippen molar-refractivity contribution in [3.63, 3.8) is 0 Å². The Morgan fingerprint density at radius 3 is 2.83 bits per heavy atom. The fourth-order valence-corrected chi connectivity index (χ4v) is 2.29. The van der Waals surface area contributed by atoms with Crippen LogP contribution >= 0.6 is 0 Å². The van der Waals surface area contributed by atoms with Gasteiger partial charge in [-0.25, -0.2) is 5.43 Å². The Kier molecular flexibility index (Phi) is 5.05. The second-order valence-corrected chi connectivity index (χ2v) is 5.36. The predicted molar refractivity (Wildman–Crippen MR) is 79.0 cm³/mol. The number of nitrogens with zero attached hydrogens (tertiary/aromatic N) is 2. The molecule has 124 valence electrons. The van der Waals surface area contributed by atoms with Gasteiger partial charge in [-0.1, -0.05) is 11.6 Å². The van der Waals surface area contributed by atoms with E-state index < -0.39 is 24.3 Å². The summed E-state index contributed by atoms with van der Waals surface area (Å²) >= 11 is 0. The monoisotopic (exact) mass is 324 g/mol. The van der Waals surface area contributed by atoms with E-state index >= 15 is 0 Å². The van der Waals surface area contributed by atoms with Crippen LogP contribution in [0.3, 0.4) is 0 Å². The Hall–Kier alpha value is -2.35. The zero-order chi connectivity index (χ0) is 17.0. The zero-order valence-corrected chi connectivity index (χ0v) is 12.7. The maximum Gasteiger partial charge on any atom is 0.303 e. The van der Waals surface area contributed by atoms with E-state index in [4.69, 9.17) is 5.73 Å². The molecule has 0 atom stereocenters. The van der Waals surface area contributed by atoms with Crippen LogP contribution in [0.4, 0.5) is 8.78 Å². The first-order valence-electron chi connectivity index (χ1n) is 7.13. The molecule has 0 saturated carbocycles. The van der Waals surface area contributed by atoms with Crippen LogP contribution < -0.4 is 11.2 Å². The Balaban J connectivity index is 2.04. The van der Waals surface area contributed by atoms with E-state index in [2.05, 4.69) is 10.4 Å². The number of primary amides is 1. The highest BCUT2D eigenvalue weighted by Gasteiger charge is 2.35. The molecule has 8 heteroatoms. The minimum Gasteiger partial charge on any atom is -0.369 e. The molecule has 2 amide bonds. The number of carbonyl (C=O) groups excluding carboxylic acids is 2. The zero-order valence-electron chi connectivity index (χ0n) is 12.7. The van der Waals surface area contributed by atoms with Crippen molar-refractivity contribution in [2.24, 2.45) is 5.73 Å². The third kappa shape index (κ3) is 4.10. The third-order valence-electron chi connectivity index (χ3n) is 3.61. The van der Waals surface area contributed by atoms with Crippen LogP contribution in [0.5, 0.6) is 0 Å². The van der Waals surface area contributed by atoms with E-state index in [0.29, 0.717) is 6.42 Å². The van der Waals surface area contributed by atoms with Gasteiger partial charge in [0.1, 0.15) is 5.69 Å². The van der Waals surface area contributed by atoms with Gasteiger partial charge in [-0.05, 0) is 25.5 Å². The number of nitrogens with one attached hydrogen (secondary N) is 1. The largest absolute Gasteiger partial charge is 0.369 e. The number of rotatable bonds is 6. The van der Waals surface area contributed by atoms with Crippen molar-refractivity contribution >= 4 is 11.8 Å². The first-order valence-corrected chi connectivity index (χ1v) is 7.13. The predicted octanol–water partition coefficient (Wildman–Crippen LogP) is 1.10. The number of hydrazine groups is 1. The lowest BCUT2D eigenvalue weighted by Gasteiger charge is -2.31. The van der Waals surface area contributed by atoms with Crippen LogP contribution in [0, 0.1) is 0 Å². The molecule has 1 aliphatic rings. The molecular formula is C15H18F2N4O2. The quantitative estimate of drug-likeness (QED) is 0.820. The maximum absolute atomic E-state index is 14.1. The van der Waals surface area contributed by atoms with Gasteiger partial charge < -0.3 is 5.73 Å². The molecule has 3 N–H and O–H groups in total. The van der Waals surface area contributed by atoms with Crippen molar-refractivity contribution in [3.8, 4) is 0 Å². The van der Waals surface area contributed by atoms with Gasteiger partial charge >= 0.3 is 5.92 Å². The fraction of sp³-hybridized carbons (Fsp3) is 0.400. The van der Waals surface area contributed by atoms with E-state index in [-0.39, 0.29) is 24.2 Å². The molecule has 2 rings (SSSR count). The van der Waals surface area contributed by atoms with Crippen molar-refractivity contribution < 1.29 is 18.4 Å². The Labute approximate surface area is 132 Å². The number of hydrogen-bond acceptors (Lipinski definition) is 4. The molecule has 2 heterocycles. The van der Waals surface area contributed by atoms with Gasteiger partial charge in [0.05, 0.1) is 13.0 Å². The van der Waals surface area contributed by atoms with E-state index in [1.54, 1.807) is 13.0 Å². The highest BCUT2D eigenvalue weighted by Crippen LogP contribution is 2.26. The smallest absolute Gasteiger partial charge is 0.303 e. The number of halogens is 2. The molecule has 6 nitrogen and oxygen atoms in total. The number of nitrogens with two attached hydrogens (primary N) is 1. The van der Waals surface area contributed by atoms with Crippen molar-refractivity contribution in [3.05, 3.63) is 41.2 Å². The topological polar surface area (TPSA) is 88.3 Å². The number of carbonyl (C=O) groups is 2. The second-order valence-electron chi connectivity index (χ2n) is 5.36. The molecule has 0 saturated heterocycles. The molecule has 0 aromatic carbocycles. The first-order chi connectivity index (χ1) is 10.8. The second kappa shape index (κ2) is 6.82. The summed E-state index contributed by atoms with van der Waals surface area (Å²) in [7, 11) is 0. The van der Waals surface area contributed by atoms with Gasteiger partial charge in [-0.2, -0.15) is 8.78 Å². The molecule has 1 aromatic rings. The molecule has 0 radical (unpaired) electrons. The van der Waals surface area contributed by atoms with Gasteiger partial charge in [0.15, 0.2) is 0 Å². The van der Waals surface area contributed by atoms with E-state index in [1.807, 2.05) is 0 Å². The maximum atomic E-state index is 14.1. The number of aromatic nitrogens is 1. The summed E-state index contributed by atoms with van der Waals surface area (Å²) in [6.07, 6.45) is 1.59. The van der Waals surface area contributed by atoms with Crippen LogP contribution in [-0.2, 0) is 15.5 Å². The van der Waals surface area contributed by atoms with Crippen molar-refractivity contribution in [2.75, 3.05) is 13.1 Å². The number of hydrogen-bond donors (Lipinski definition) is 2. The van der Waals surface area contributed by atoms with E-state index in [0.717, 1.165) is 10.6 Å². The van der Waals surface area contributed by atoms with Gasteiger partial charge in [-0.15, -0.1) is 0 Å². The Morgan fingerprint density at radius 2 is 2.22 bits per heavy atom. The molecular weight excluding hydrogens is 306 g/mol. The number of alkyl halides is 2. The van der Waals surface area contributed by atoms with Crippen molar-refractivity contribution in [2.45, 2.75) is 25.7 Å². The highest BCUT2D eigenvalue weighted by atomic mass is 19.3. The molecule has 0 spiro atoms. The minimum atomic E-state index is -3.22. The van der Waals surface area contributed by atoms with E-state index in [1.165, 1.54) is 18.3 Å². The van der Waals surface area contributed by atoms with Crippen LogP contribution in [0.25, 0.3) is 0 Å². The SMILES string of the molecule is CC1=C(CC(N)=O)C(=O)N(NCC(F)(F)c2ccccn2)CC1. The first kappa shape index (κ1) is 17.0. The van der Waals surface area contributed by atoms with Crippen LogP contribution in [0.15, 0.2) is 35.5 Å². The number of amides is 2. The standard InChI is InChI=1S/C15H18F2N4O2/c1-10-5-7-21(14(23)11(10)8-13(18)22)20-9-15(16,17)12-4-2-3-6-19-12/h2-4,6,20H,5,7-9H2,1H3,(H2,18,22). The molecule has 0 aliphatic carbocycles. The van der Waals surface area contributed by atoms with Crippen LogP contribution in [-0.4, -0.2) is 34.9 Å². The Morgan fingerprint density at radius 1 is 1.48 bits per heavy atom. The molecule has 0 bridgehead atoms. The fourth-order valence-electron chi connectivity index (χ4n) is 2.29. The lowest BCUT2D eigenvalue weighted by molar-refractivity contribution is -0.134. The summed E-state index contributed by atoms with van der Waals surface area (Å²) in [5.41, 5.74) is 8.20. The van der Waals surface area contributed by atoms with Gasteiger partial charge in [-0.3, -0.25) is 19.6 Å². The minimum absolute atomic E-state index is 0.195. The van der Waals surface area contributed by atoms with Crippen molar-refractivity contribution in [1.82, 2.24) is 15.4 Å². The average Bonchev–Trinajstić information content (AvgIpc) is 2.51. The van der Waals surface area contributed by atoms with Gasteiger partial charge in [0.2, 0.25) is 5.91 Å². The van der Waals surface area contributed by atoms with Crippen LogP contribution in [0.1, 0.15) is 25.5 Å². The van der Waals surface area contributed by atoms with E-state index in [9.17, 15) is 18.4 Å². The summed E-state index contributed by atoms with van der Waals surface area (Å²) in [5, 5.41) is 1.10. The molecule has 23 heavy (non-hydrogen) atoms. The molecule has 0 unspecified atom stereocenters. The molecule has 1 aliphatic heterocycles. The highest BCUT2D eigenvalue weighted by molar-refractivity contribution is 5.99. The summed E-state index contributed by atoms with van der Waals surface area (Å²) in [5.74, 6) is -4.35. The summed E-state index contributed by atoms with van der Waals surface area (Å²) in [4.78, 5) is 26.9. The number of pyridine rings is 1. The summed E-state index contributed by atoms with van der Waals surface area (Å²) in [6.45, 7) is 1.22. The van der Waals surface area contributed by atoms with Gasteiger partial charge in [0.25, 0.3) is 5.91 Å². The van der Waals surface area contributed by atoms with Gasteiger partial charge in [0, 0.05) is 18.3 Å². The summed E-state index contributed by atoms with van der Waals surface area (Å²) in [6, 6.07) is 4.24. The molecule has 1 aromatic heterocycles. The summed E-state index contributed by atoms with van der Waals surface area (Å²) < 4.78 is 28.1. The van der Waals surface area contributed by atoms with Crippen LogP contribution in [0.2, 0.25) is 0 Å². The third-order valence-corrected chi connectivity index (χ3v) is 3.61. The normalized spacial score (nSPS) is 16.0. The average molecular weight is 324 g/mol. The van der Waals surface area contributed by atoms with Crippen molar-refractivity contribution in [1.29, 1.82) is 0 Å². The molecule has 0 fully saturated rings.